The Labute approximate surface area is 216 Å². The molecule has 3 aromatic carbocycles. The molecule has 1 saturated carbocycles. The molecule has 6 rings (SSSR count). The molecule has 2 aliphatic heterocycles. The molecule has 0 bridgehead atoms. The fourth-order valence-electron chi connectivity index (χ4n) is 8.24. The fraction of sp³-hybridized carbons (Fsp3) is 0.548. The Hall–Kier alpha value is -1.42. The maximum atomic E-state index is 6.70. The summed E-state index contributed by atoms with van der Waals surface area (Å²) in [7, 11) is 0. The van der Waals surface area contributed by atoms with Gasteiger partial charge < -0.3 is 26.2 Å². The van der Waals surface area contributed by atoms with Gasteiger partial charge in [0.15, 0.2) is 0 Å². The molecule has 3 aliphatic rings. The van der Waals surface area contributed by atoms with Crippen LogP contribution in [-0.2, 0) is 11.3 Å². The number of unbranched alkanes of at least 4 members (excludes halogenated alkanes) is 3. The molecule has 0 N–H and O–H groups in total. The summed E-state index contributed by atoms with van der Waals surface area (Å²) in [5.74, 6) is 1.61. The lowest BCUT2D eigenvalue weighted by Gasteiger charge is -2.44. The van der Waals surface area contributed by atoms with Crippen LogP contribution >= 0.6 is 0 Å². The molecule has 0 unspecified atom stereocenters. The standard InChI is InChI=1S/C31H40NO.BrH/c1-3-4-5-10-19-33-30-22-32(18-17-25-15-16-29(30)31(25,32)2)21-28-26-13-8-6-11-23(26)20-24-12-7-9-14-27(24)28;/h6-9,11-14,20,25,29-30H,3-5,10,15-19,21-22H2,1-2H3;1H/q+1;/p-1/t25-,29+,30+,31+,32+;/m0./s1. The lowest BCUT2D eigenvalue weighted by molar-refractivity contribution is -0.965. The highest BCUT2D eigenvalue weighted by molar-refractivity contribution is 6.02. The normalized spacial score (nSPS) is 31.8. The lowest BCUT2D eigenvalue weighted by Crippen LogP contribution is -3.00. The minimum atomic E-state index is 0. The summed E-state index contributed by atoms with van der Waals surface area (Å²) in [6.45, 7) is 9.58. The highest BCUT2D eigenvalue weighted by Crippen LogP contribution is 2.61. The van der Waals surface area contributed by atoms with Crippen molar-refractivity contribution in [1.82, 2.24) is 0 Å². The summed E-state index contributed by atoms with van der Waals surface area (Å²) in [5, 5.41) is 5.68. The molecule has 3 aromatic rings. The molecule has 1 aliphatic carbocycles. The SMILES string of the molecule is CCCCCCO[C@@H]1C[N@+]2(Cc3c4ccccc4cc4ccccc34)CC[C@@H]3CC[C@H]1[C@@]32C.[Br-]. The van der Waals surface area contributed by atoms with Gasteiger partial charge in [-0.1, -0.05) is 74.7 Å². The Morgan fingerprint density at radius 2 is 1.62 bits per heavy atom. The molecular weight excluding hydrogens is 482 g/mol. The van der Waals surface area contributed by atoms with Crippen molar-refractivity contribution < 1.29 is 26.2 Å². The number of benzene rings is 3. The second-order valence-corrected chi connectivity index (χ2v) is 11.4. The first-order chi connectivity index (χ1) is 16.2. The summed E-state index contributed by atoms with van der Waals surface area (Å²) in [5.41, 5.74) is 1.95. The van der Waals surface area contributed by atoms with Crippen LogP contribution in [0.25, 0.3) is 21.5 Å². The number of ether oxygens (including phenoxy) is 1. The molecule has 3 fully saturated rings. The van der Waals surface area contributed by atoms with Crippen LogP contribution in [0.1, 0.15) is 64.4 Å². The maximum Gasteiger partial charge on any atom is 0.115 e. The van der Waals surface area contributed by atoms with Gasteiger partial charge in [-0.15, -0.1) is 0 Å². The maximum absolute atomic E-state index is 6.70. The van der Waals surface area contributed by atoms with E-state index in [2.05, 4.69) is 68.4 Å². The molecule has 2 heterocycles. The number of nitrogens with zero attached hydrogens (tertiary/aromatic N) is 1. The Morgan fingerprint density at radius 3 is 2.32 bits per heavy atom. The highest BCUT2D eigenvalue weighted by Gasteiger charge is 2.71. The topological polar surface area (TPSA) is 9.23 Å². The van der Waals surface area contributed by atoms with Gasteiger partial charge in [-0.2, -0.15) is 0 Å². The van der Waals surface area contributed by atoms with Crippen molar-refractivity contribution in [3.05, 3.63) is 60.2 Å². The average Bonchev–Trinajstić information content (AvgIpc) is 3.41. The zero-order valence-electron chi connectivity index (χ0n) is 20.9. The predicted molar refractivity (Wildman–Crippen MR) is 138 cm³/mol. The molecule has 0 aromatic heterocycles. The monoisotopic (exact) mass is 521 g/mol. The van der Waals surface area contributed by atoms with Crippen LogP contribution in [0, 0.1) is 11.8 Å². The van der Waals surface area contributed by atoms with Crippen LogP contribution in [0.4, 0.5) is 0 Å². The van der Waals surface area contributed by atoms with Crippen LogP contribution in [0.3, 0.4) is 0 Å². The molecular formula is C31H40BrNO. The van der Waals surface area contributed by atoms with Crippen LogP contribution in [0.2, 0.25) is 0 Å². The van der Waals surface area contributed by atoms with Crippen molar-refractivity contribution >= 4 is 21.5 Å². The van der Waals surface area contributed by atoms with Gasteiger partial charge in [0.1, 0.15) is 24.7 Å². The molecule has 0 spiro atoms. The minimum Gasteiger partial charge on any atom is -1.00 e. The van der Waals surface area contributed by atoms with Gasteiger partial charge in [0, 0.05) is 30.4 Å². The van der Waals surface area contributed by atoms with Gasteiger partial charge in [0.2, 0.25) is 0 Å². The molecule has 2 saturated heterocycles. The Morgan fingerprint density at radius 1 is 0.912 bits per heavy atom. The third-order valence-corrected chi connectivity index (χ3v) is 9.98. The first-order valence-electron chi connectivity index (χ1n) is 13.5. The number of hydrogen-bond donors (Lipinski definition) is 0. The third kappa shape index (κ3) is 3.65. The summed E-state index contributed by atoms with van der Waals surface area (Å²) >= 11 is 0. The highest BCUT2D eigenvalue weighted by atomic mass is 79.9. The van der Waals surface area contributed by atoms with E-state index < -0.39 is 0 Å². The predicted octanol–water partition coefficient (Wildman–Crippen LogP) is 4.48. The van der Waals surface area contributed by atoms with E-state index in [1.807, 2.05) is 0 Å². The Bertz CT molecular complexity index is 1110. The van der Waals surface area contributed by atoms with Crippen molar-refractivity contribution in [2.75, 3.05) is 19.7 Å². The molecule has 0 amide bonds. The van der Waals surface area contributed by atoms with Crippen molar-refractivity contribution in [1.29, 1.82) is 0 Å². The minimum absolute atomic E-state index is 0. The van der Waals surface area contributed by atoms with E-state index in [1.54, 1.807) is 5.56 Å². The molecule has 3 heteroatoms. The largest absolute Gasteiger partial charge is 1.00 e. The van der Waals surface area contributed by atoms with Gasteiger partial charge in [-0.3, -0.25) is 0 Å². The van der Waals surface area contributed by atoms with E-state index in [0.717, 1.165) is 25.0 Å². The van der Waals surface area contributed by atoms with Gasteiger partial charge in [0.05, 0.1) is 6.54 Å². The van der Waals surface area contributed by atoms with Crippen LogP contribution in [0.15, 0.2) is 54.6 Å². The van der Waals surface area contributed by atoms with E-state index >= 15 is 0 Å². The van der Waals surface area contributed by atoms with Gasteiger partial charge in [0.25, 0.3) is 0 Å². The van der Waals surface area contributed by atoms with E-state index in [0.29, 0.717) is 11.6 Å². The molecule has 5 atom stereocenters. The first-order valence-corrected chi connectivity index (χ1v) is 13.5. The molecule has 182 valence electrons. The first kappa shape index (κ1) is 24.3. The second kappa shape index (κ2) is 9.56. The van der Waals surface area contributed by atoms with Crippen molar-refractivity contribution in [2.24, 2.45) is 11.8 Å². The third-order valence-electron chi connectivity index (χ3n) is 9.98. The van der Waals surface area contributed by atoms with E-state index in [-0.39, 0.29) is 17.0 Å². The van der Waals surface area contributed by atoms with Crippen molar-refractivity contribution in [3.63, 3.8) is 0 Å². The van der Waals surface area contributed by atoms with Gasteiger partial charge in [-0.25, -0.2) is 0 Å². The van der Waals surface area contributed by atoms with Crippen molar-refractivity contribution in [2.45, 2.75) is 77.0 Å². The van der Waals surface area contributed by atoms with E-state index in [4.69, 9.17) is 4.74 Å². The summed E-state index contributed by atoms with van der Waals surface area (Å²) < 4.78 is 7.95. The summed E-state index contributed by atoms with van der Waals surface area (Å²) in [6.07, 6.45) is 9.81. The second-order valence-electron chi connectivity index (χ2n) is 11.4. The molecule has 0 radical (unpaired) electrons. The van der Waals surface area contributed by atoms with Gasteiger partial charge in [-0.05, 0) is 53.8 Å². The number of hydrogen-bond acceptors (Lipinski definition) is 1. The summed E-state index contributed by atoms with van der Waals surface area (Å²) in [6, 6.07) is 20.5. The number of fused-ring (bicyclic) bond motifs is 2. The number of halogens is 1. The zero-order valence-corrected chi connectivity index (χ0v) is 22.5. The van der Waals surface area contributed by atoms with Gasteiger partial charge >= 0.3 is 0 Å². The van der Waals surface area contributed by atoms with E-state index in [1.165, 1.54) is 84.1 Å². The average molecular weight is 523 g/mol. The fourth-order valence-corrected chi connectivity index (χ4v) is 8.24. The Kier molecular flexibility index (Phi) is 6.83. The van der Waals surface area contributed by atoms with E-state index in [9.17, 15) is 0 Å². The molecule has 2 nitrogen and oxygen atoms in total. The summed E-state index contributed by atoms with van der Waals surface area (Å²) in [4.78, 5) is 0. The Balaban J connectivity index is 0.00000241. The van der Waals surface area contributed by atoms with Crippen LogP contribution < -0.4 is 17.0 Å². The smallest absolute Gasteiger partial charge is 0.115 e. The van der Waals surface area contributed by atoms with Crippen LogP contribution in [0.5, 0.6) is 0 Å². The molecule has 34 heavy (non-hydrogen) atoms. The van der Waals surface area contributed by atoms with Crippen molar-refractivity contribution in [3.8, 4) is 0 Å². The zero-order chi connectivity index (χ0) is 22.5. The lowest BCUT2D eigenvalue weighted by atomic mass is 9.82. The quantitative estimate of drug-likeness (QED) is 0.241. The number of quaternary nitrogens is 1. The van der Waals surface area contributed by atoms with Crippen LogP contribution in [-0.4, -0.2) is 35.8 Å². The number of rotatable bonds is 8.